The minimum atomic E-state index is -0.562. The molecule has 1 radical (unpaired) electrons. The number of rotatable bonds is 0. The first-order valence-corrected chi connectivity index (χ1v) is 1.82. The molecule has 49 valence electrons. The third-order valence-electron chi connectivity index (χ3n) is 0.287. The van der Waals surface area contributed by atoms with E-state index in [9.17, 15) is 9.59 Å². The standard InChI is InChI=1S/C4H6O3.Rh/c1-3(5)7-4(2)6;/h1-2H3;. The van der Waals surface area contributed by atoms with Gasteiger partial charge in [-0.15, -0.1) is 0 Å². The molecule has 0 aromatic heterocycles. The zero-order chi connectivity index (χ0) is 5.86. The molecule has 0 unspecified atom stereocenters. The number of hydrogen-bond donors (Lipinski definition) is 0. The van der Waals surface area contributed by atoms with E-state index in [1.165, 1.54) is 13.8 Å². The van der Waals surface area contributed by atoms with Crippen LogP contribution in [-0.4, -0.2) is 11.9 Å². The molecule has 0 aliphatic carbocycles. The van der Waals surface area contributed by atoms with Crippen molar-refractivity contribution in [2.24, 2.45) is 0 Å². The molecule has 0 heterocycles. The maximum absolute atomic E-state index is 9.81. The minimum Gasteiger partial charge on any atom is -0.394 e. The summed E-state index contributed by atoms with van der Waals surface area (Å²) in [5, 5.41) is 0. The third kappa shape index (κ3) is 9.23. The Morgan fingerprint density at radius 2 is 1.38 bits per heavy atom. The second kappa shape index (κ2) is 4.91. The Morgan fingerprint density at radius 3 is 1.38 bits per heavy atom. The van der Waals surface area contributed by atoms with Crippen molar-refractivity contribution in [1.82, 2.24) is 0 Å². The summed E-state index contributed by atoms with van der Waals surface area (Å²) in [6.07, 6.45) is 0. The summed E-state index contributed by atoms with van der Waals surface area (Å²) in [7, 11) is 0. The van der Waals surface area contributed by atoms with E-state index in [1.54, 1.807) is 0 Å². The Morgan fingerprint density at radius 1 is 1.12 bits per heavy atom. The molecule has 0 amide bonds. The van der Waals surface area contributed by atoms with Gasteiger partial charge < -0.3 is 4.74 Å². The summed E-state index contributed by atoms with van der Waals surface area (Å²) in [6.45, 7) is 2.36. The molecule has 4 heteroatoms. The van der Waals surface area contributed by atoms with Crippen molar-refractivity contribution in [3.8, 4) is 0 Å². The summed E-state index contributed by atoms with van der Waals surface area (Å²) in [5.41, 5.74) is 0. The molecule has 3 nitrogen and oxygen atoms in total. The fourth-order valence-corrected chi connectivity index (χ4v) is 0.202. The molecule has 0 saturated carbocycles. The van der Waals surface area contributed by atoms with Crippen molar-refractivity contribution in [3.63, 3.8) is 0 Å². The number of carbonyl (C=O) groups is 2. The van der Waals surface area contributed by atoms with Crippen LogP contribution in [0.5, 0.6) is 0 Å². The van der Waals surface area contributed by atoms with E-state index >= 15 is 0 Å². The summed E-state index contributed by atoms with van der Waals surface area (Å²) >= 11 is 0. The van der Waals surface area contributed by atoms with Crippen LogP contribution in [0.3, 0.4) is 0 Å². The van der Waals surface area contributed by atoms with Crippen LogP contribution in [0, 0.1) is 0 Å². The number of hydrogen-bond acceptors (Lipinski definition) is 3. The van der Waals surface area contributed by atoms with E-state index in [-0.39, 0.29) is 19.5 Å². The van der Waals surface area contributed by atoms with E-state index in [4.69, 9.17) is 0 Å². The van der Waals surface area contributed by atoms with Crippen molar-refractivity contribution >= 4 is 11.9 Å². The van der Waals surface area contributed by atoms with Crippen molar-refractivity contribution in [2.75, 3.05) is 0 Å². The Balaban J connectivity index is 0. The average Bonchev–Trinajstić information content (AvgIpc) is 1.27. The Hall–Kier alpha value is -0.237. The van der Waals surface area contributed by atoms with Gasteiger partial charge in [0.15, 0.2) is 0 Å². The molecular formula is C4H6O3Rh. The Kier molecular flexibility index (Phi) is 6.56. The summed E-state index contributed by atoms with van der Waals surface area (Å²) < 4.78 is 3.97. The van der Waals surface area contributed by atoms with Gasteiger partial charge in [0.25, 0.3) is 0 Å². The van der Waals surface area contributed by atoms with Crippen molar-refractivity contribution in [3.05, 3.63) is 0 Å². The van der Waals surface area contributed by atoms with E-state index in [0.29, 0.717) is 0 Å². The molecule has 0 atom stereocenters. The maximum Gasteiger partial charge on any atom is 0.310 e. The second-order valence-electron chi connectivity index (χ2n) is 1.09. The fourth-order valence-electron chi connectivity index (χ4n) is 0.202. The van der Waals surface area contributed by atoms with Gasteiger partial charge in [-0.1, -0.05) is 0 Å². The smallest absolute Gasteiger partial charge is 0.310 e. The number of ether oxygens (including phenoxy) is 1. The first-order chi connectivity index (χ1) is 3.13. The molecule has 8 heavy (non-hydrogen) atoms. The van der Waals surface area contributed by atoms with Gasteiger partial charge in [-0.05, 0) is 0 Å². The fraction of sp³-hybridized carbons (Fsp3) is 0.500. The monoisotopic (exact) mass is 205 g/mol. The van der Waals surface area contributed by atoms with E-state index in [0.717, 1.165) is 0 Å². The predicted octanol–water partition coefficient (Wildman–Crippen LogP) is 0.0935. The number of esters is 2. The van der Waals surface area contributed by atoms with Crippen molar-refractivity contribution < 1.29 is 33.8 Å². The van der Waals surface area contributed by atoms with Crippen molar-refractivity contribution in [1.29, 1.82) is 0 Å². The molecule has 0 aromatic rings. The van der Waals surface area contributed by atoms with Crippen molar-refractivity contribution in [2.45, 2.75) is 13.8 Å². The van der Waals surface area contributed by atoms with Crippen LogP contribution in [0.4, 0.5) is 0 Å². The summed E-state index contributed by atoms with van der Waals surface area (Å²) in [4.78, 5) is 19.6. The molecule has 0 aliphatic heterocycles. The van der Waals surface area contributed by atoms with Crippen LogP contribution in [0.25, 0.3) is 0 Å². The third-order valence-corrected chi connectivity index (χ3v) is 0.287. The van der Waals surface area contributed by atoms with Gasteiger partial charge >= 0.3 is 11.9 Å². The quantitative estimate of drug-likeness (QED) is 0.320. The SMILES string of the molecule is CC(=O)OC(C)=O.[Rh]. The normalized spacial score (nSPS) is 6.75. The average molecular weight is 205 g/mol. The predicted molar refractivity (Wildman–Crippen MR) is 22.4 cm³/mol. The molecule has 0 bridgehead atoms. The van der Waals surface area contributed by atoms with Crippen LogP contribution < -0.4 is 0 Å². The molecule has 0 N–H and O–H groups in total. The zero-order valence-electron chi connectivity index (χ0n) is 4.56. The molecule has 0 spiro atoms. The topological polar surface area (TPSA) is 43.4 Å². The molecule has 0 rings (SSSR count). The summed E-state index contributed by atoms with van der Waals surface area (Å²) in [5.74, 6) is -1.12. The van der Waals surface area contributed by atoms with Gasteiger partial charge in [0.1, 0.15) is 0 Å². The van der Waals surface area contributed by atoms with Gasteiger partial charge in [-0.2, -0.15) is 0 Å². The van der Waals surface area contributed by atoms with E-state index < -0.39 is 11.9 Å². The van der Waals surface area contributed by atoms with Gasteiger partial charge in [0.2, 0.25) is 0 Å². The second-order valence-corrected chi connectivity index (χ2v) is 1.09. The van der Waals surface area contributed by atoms with Crippen LogP contribution >= 0.6 is 0 Å². The van der Waals surface area contributed by atoms with Gasteiger partial charge in [0.05, 0.1) is 0 Å². The maximum atomic E-state index is 9.81. The van der Waals surface area contributed by atoms with E-state index in [2.05, 4.69) is 4.74 Å². The molecule has 0 saturated heterocycles. The van der Waals surface area contributed by atoms with Crippen LogP contribution in [0.1, 0.15) is 13.8 Å². The Labute approximate surface area is 60.2 Å². The zero-order valence-corrected chi connectivity index (χ0v) is 6.20. The van der Waals surface area contributed by atoms with E-state index in [1.807, 2.05) is 0 Å². The van der Waals surface area contributed by atoms with Crippen LogP contribution in [-0.2, 0) is 33.8 Å². The molecule has 0 aliphatic rings. The van der Waals surface area contributed by atoms with Crippen LogP contribution in [0.15, 0.2) is 0 Å². The largest absolute Gasteiger partial charge is 0.394 e. The first kappa shape index (κ1) is 10.7. The summed E-state index contributed by atoms with van der Waals surface area (Å²) in [6, 6.07) is 0. The minimum absolute atomic E-state index is 0. The molecule has 0 fully saturated rings. The van der Waals surface area contributed by atoms with Gasteiger partial charge in [-0.25, -0.2) is 0 Å². The molecule has 0 aromatic carbocycles. The first-order valence-electron chi connectivity index (χ1n) is 1.82. The van der Waals surface area contributed by atoms with Gasteiger partial charge in [0, 0.05) is 33.3 Å². The molecular weight excluding hydrogens is 199 g/mol. The van der Waals surface area contributed by atoms with Gasteiger partial charge in [-0.3, -0.25) is 9.59 Å². The number of carbonyl (C=O) groups excluding carboxylic acids is 2. The van der Waals surface area contributed by atoms with Crippen LogP contribution in [0.2, 0.25) is 0 Å². The Bertz CT molecular complexity index is 87.5.